The predicted octanol–water partition coefficient (Wildman–Crippen LogP) is 0.908. The van der Waals surface area contributed by atoms with E-state index < -0.39 is 0 Å². The van der Waals surface area contributed by atoms with Crippen LogP contribution in [0.2, 0.25) is 0 Å². The molecule has 1 aromatic carbocycles. The molecule has 0 saturated heterocycles. The maximum atomic E-state index is 5.41. The van der Waals surface area contributed by atoms with Crippen LogP contribution in [0.25, 0.3) is 0 Å². The Bertz CT molecular complexity index is 539. The number of hydrazone groups is 1. The zero-order valence-corrected chi connectivity index (χ0v) is 9.74. The molecule has 0 saturated carbocycles. The van der Waals surface area contributed by atoms with E-state index in [2.05, 4.69) is 25.5 Å². The molecule has 3 N–H and O–H groups in total. The van der Waals surface area contributed by atoms with E-state index in [4.69, 9.17) is 10.5 Å². The molecule has 0 bridgehead atoms. The molecule has 92 valence electrons. The van der Waals surface area contributed by atoms with Crippen LogP contribution in [-0.4, -0.2) is 28.3 Å². The van der Waals surface area contributed by atoms with Crippen LogP contribution >= 0.6 is 0 Å². The number of nitrogens with two attached hydrogens (primary N) is 1. The van der Waals surface area contributed by atoms with E-state index in [1.807, 2.05) is 24.3 Å². The smallest absolute Gasteiger partial charge is 0.248 e. The number of methoxy groups -OCH3 is 1. The normalized spacial score (nSPS) is 10.5. The highest BCUT2D eigenvalue weighted by molar-refractivity contribution is 5.80. The van der Waals surface area contributed by atoms with E-state index in [0.29, 0.717) is 5.95 Å². The minimum Gasteiger partial charge on any atom is -0.497 e. The first kappa shape index (κ1) is 11.8. The first-order valence-electron chi connectivity index (χ1n) is 5.15. The second-order valence-corrected chi connectivity index (χ2v) is 3.31. The van der Waals surface area contributed by atoms with E-state index in [9.17, 15) is 0 Å². The van der Waals surface area contributed by atoms with Gasteiger partial charge in [0, 0.05) is 0 Å². The number of anilines is 2. The summed E-state index contributed by atoms with van der Waals surface area (Å²) in [4.78, 5) is 11.4. The largest absolute Gasteiger partial charge is 0.497 e. The molecule has 0 radical (unpaired) electrons. The summed E-state index contributed by atoms with van der Waals surface area (Å²) in [5.74, 6) is 1.24. The molecule has 0 fully saturated rings. The van der Waals surface area contributed by atoms with E-state index >= 15 is 0 Å². The number of rotatable bonds is 4. The third-order valence-electron chi connectivity index (χ3n) is 2.08. The molecule has 7 heteroatoms. The first-order chi connectivity index (χ1) is 8.78. The van der Waals surface area contributed by atoms with E-state index in [-0.39, 0.29) is 5.95 Å². The predicted molar refractivity (Wildman–Crippen MR) is 68.5 cm³/mol. The van der Waals surface area contributed by atoms with Gasteiger partial charge in [-0.25, -0.2) is 10.4 Å². The average molecular weight is 244 g/mol. The Kier molecular flexibility index (Phi) is 3.65. The third-order valence-corrected chi connectivity index (χ3v) is 2.08. The molecular weight excluding hydrogens is 232 g/mol. The summed E-state index contributed by atoms with van der Waals surface area (Å²) in [5.41, 5.74) is 8.99. The zero-order chi connectivity index (χ0) is 12.8. The Hall–Kier alpha value is -2.70. The fraction of sp³-hybridized carbons (Fsp3) is 0.0909. The van der Waals surface area contributed by atoms with Crippen molar-refractivity contribution >= 4 is 18.1 Å². The Morgan fingerprint density at radius 1 is 1.28 bits per heavy atom. The number of aromatic nitrogens is 3. The molecule has 0 amide bonds. The minimum absolute atomic E-state index is 0.146. The highest BCUT2D eigenvalue weighted by Gasteiger charge is 1.94. The Morgan fingerprint density at radius 2 is 2.06 bits per heavy atom. The fourth-order valence-electron chi connectivity index (χ4n) is 1.22. The number of nitrogens with one attached hydrogen (secondary N) is 1. The molecule has 2 aromatic rings. The van der Waals surface area contributed by atoms with Crippen LogP contribution < -0.4 is 15.9 Å². The highest BCUT2D eigenvalue weighted by Crippen LogP contribution is 2.09. The van der Waals surface area contributed by atoms with Crippen LogP contribution in [0.15, 0.2) is 35.7 Å². The van der Waals surface area contributed by atoms with Gasteiger partial charge in [-0.3, -0.25) is 0 Å². The number of nitrogen functional groups attached to an aromatic ring is 1. The summed E-state index contributed by atoms with van der Waals surface area (Å²) < 4.78 is 5.06. The lowest BCUT2D eigenvalue weighted by atomic mass is 10.2. The van der Waals surface area contributed by atoms with E-state index in [0.717, 1.165) is 11.3 Å². The SMILES string of the molecule is COc1ccc(C=NNc2ncnc(N)n2)cc1. The number of hydrogen-bond acceptors (Lipinski definition) is 7. The second-order valence-electron chi connectivity index (χ2n) is 3.31. The Balaban J connectivity index is 1.98. The van der Waals surface area contributed by atoms with Gasteiger partial charge in [0.2, 0.25) is 11.9 Å². The molecule has 0 aliphatic carbocycles. The van der Waals surface area contributed by atoms with Crippen molar-refractivity contribution in [1.82, 2.24) is 15.0 Å². The lowest BCUT2D eigenvalue weighted by Crippen LogP contribution is -2.01. The molecule has 1 aromatic heterocycles. The third kappa shape index (κ3) is 3.14. The van der Waals surface area contributed by atoms with Gasteiger partial charge in [-0.15, -0.1) is 0 Å². The van der Waals surface area contributed by atoms with Crippen LogP contribution in [0, 0.1) is 0 Å². The highest BCUT2D eigenvalue weighted by atomic mass is 16.5. The van der Waals surface area contributed by atoms with Gasteiger partial charge in [0.15, 0.2) is 0 Å². The summed E-state index contributed by atoms with van der Waals surface area (Å²) in [6.07, 6.45) is 2.95. The topological polar surface area (TPSA) is 98.3 Å². The van der Waals surface area contributed by atoms with Gasteiger partial charge in [0.05, 0.1) is 13.3 Å². The maximum absolute atomic E-state index is 5.41. The second kappa shape index (κ2) is 5.58. The molecule has 0 atom stereocenters. The summed E-state index contributed by atoms with van der Waals surface area (Å²) in [5, 5.41) is 3.98. The van der Waals surface area contributed by atoms with Crippen molar-refractivity contribution in [3.63, 3.8) is 0 Å². The van der Waals surface area contributed by atoms with Crippen molar-refractivity contribution < 1.29 is 4.74 Å². The van der Waals surface area contributed by atoms with Crippen LogP contribution in [0.3, 0.4) is 0 Å². The summed E-state index contributed by atoms with van der Waals surface area (Å²) in [6, 6.07) is 7.46. The van der Waals surface area contributed by atoms with Crippen molar-refractivity contribution in [3.05, 3.63) is 36.2 Å². The van der Waals surface area contributed by atoms with Gasteiger partial charge < -0.3 is 10.5 Å². The molecule has 0 unspecified atom stereocenters. The summed E-state index contributed by atoms with van der Waals surface area (Å²) in [7, 11) is 1.62. The van der Waals surface area contributed by atoms with Crippen LogP contribution in [-0.2, 0) is 0 Å². The summed E-state index contributed by atoms with van der Waals surface area (Å²) in [6.45, 7) is 0. The number of nitrogens with zero attached hydrogens (tertiary/aromatic N) is 4. The quantitative estimate of drug-likeness (QED) is 0.612. The molecule has 0 aliphatic rings. The first-order valence-corrected chi connectivity index (χ1v) is 5.15. The Labute approximate surface area is 104 Å². The number of hydrogen-bond donors (Lipinski definition) is 2. The molecular formula is C11H12N6O. The molecule has 1 heterocycles. The summed E-state index contributed by atoms with van der Waals surface area (Å²) >= 11 is 0. The average Bonchev–Trinajstić information content (AvgIpc) is 2.40. The molecule has 18 heavy (non-hydrogen) atoms. The monoisotopic (exact) mass is 244 g/mol. The van der Waals surface area contributed by atoms with Gasteiger partial charge in [-0.1, -0.05) is 0 Å². The molecule has 0 spiro atoms. The number of ether oxygens (including phenoxy) is 1. The van der Waals surface area contributed by atoms with Crippen molar-refractivity contribution in [2.45, 2.75) is 0 Å². The fourth-order valence-corrected chi connectivity index (χ4v) is 1.22. The van der Waals surface area contributed by atoms with Crippen LogP contribution in [0.1, 0.15) is 5.56 Å². The van der Waals surface area contributed by atoms with Crippen LogP contribution in [0.4, 0.5) is 11.9 Å². The van der Waals surface area contributed by atoms with E-state index in [1.165, 1.54) is 6.33 Å². The lowest BCUT2D eigenvalue weighted by molar-refractivity contribution is 0.415. The molecule has 7 nitrogen and oxygen atoms in total. The molecule has 0 aliphatic heterocycles. The van der Waals surface area contributed by atoms with Gasteiger partial charge >= 0.3 is 0 Å². The minimum atomic E-state index is 0.146. The van der Waals surface area contributed by atoms with Crippen LogP contribution in [0.5, 0.6) is 5.75 Å². The Morgan fingerprint density at radius 3 is 2.72 bits per heavy atom. The maximum Gasteiger partial charge on any atom is 0.248 e. The van der Waals surface area contributed by atoms with Gasteiger partial charge in [0.1, 0.15) is 12.1 Å². The zero-order valence-electron chi connectivity index (χ0n) is 9.74. The van der Waals surface area contributed by atoms with Crippen molar-refractivity contribution in [1.29, 1.82) is 0 Å². The van der Waals surface area contributed by atoms with E-state index in [1.54, 1.807) is 13.3 Å². The number of benzene rings is 1. The lowest BCUT2D eigenvalue weighted by Gasteiger charge is -1.99. The molecule has 2 rings (SSSR count). The van der Waals surface area contributed by atoms with Crippen molar-refractivity contribution in [2.75, 3.05) is 18.3 Å². The van der Waals surface area contributed by atoms with Crippen molar-refractivity contribution in [3.8, 4) is 5.75 Å². The standard InChI is InChI=1S/C11H12N6O/c1-18-9-4-2-8(3-5-9)6-15-17-11-14-7-13-10(12)16-11/h2-7H,1H3,(H3,12,13,14,16,17). The van der Waals surface area contributed by atoms with Crippen molar-refractivity contribution in [2.24, 2.45) is 5.10 Å². The van der Waals surface area contributed by atoms with Gasteiger partial charge in [0.25, 0.3) is 0 Å². The van der Waals surface area contributed by atoms with Gasteiger partial charge in [-0.05, 0) is 29.8 Å². The van der Waals surface area contributed by atoms with Gasteiger partial charge in [-0.2, -0.15) is 15.1 Å².